The maximum Gasteiger partial charge on any atom is 0.0466 e. The SMILES string of the molecule is CC(C)CCCCOCCCCNCc1ccc(N2CCN(C(C)C)CC2)cc1.[HH]. The monoisotopic (exact) mass is 405 g/mol. The molecule has 0 amide bonds. The van der Waals surface area contributed by atoms with E-state index in [0.29, 0.717) is 6.04 Å². The van der Waals surface area contributed by atoms with E-state index in [1.165, 1.54) is 50.0 Å². The van der Waals surface area contributed by atoms with Crippen molar-refractivity contribution in [1.82, 2.24) is 10.2 Å². The highest BCUT2D eigenvalue weighted by molar-refractivity contribution is 5.48. The molecule has 0 bridgehead atoms. The summed E-state index contributed by atoms with van der Waals surface area (Å²) < 4.78 is 5.74. The number of anilines is 1. The van der Waals surface area contributed by atoms with Crippen LogP contribution in [0.1, 0.15) is 66.8 Å². The molecule has 4 heteroatoms. The first-order valence-corrected chi connectivity index (χ1v) is 11.9. The highest BCUT2D eigenvalue weighted by Gasteiger charge is 2.18. The molecule has 0 aromatic heterocycles. The zero-order valence-electron chi connectivity index (χ0n) is 19.5. The van der Waals surface area contributed by atoms with E-state index in [1.54, 1.807) is 0 Å². The maximum absolute atomic E-state index is 5.74. The van der Waals surface area contributed by atoms with Crippen molar-refractivity contribution in [3.05, 3.63) is 29.8 Å². The molecular formula is C25H47N3O. The molecule has 2 rings (SSSR count). The van der Waals surface area contributed by atoms with Crippen LogP contribution in [0.2, 0.25) is 0 Å². The van der Waals surface area contributed by atoms with E-state index in [4.69, 9.17) is 4.74 Å². The Labute approximate surface area is 181 Å². The Kier molecular flexibility index (Phi) is 11.7. The number of hydrogen-bond donors (Lipinski definition) is 1. The first-order valence-electron chi connectivity index (χ1n) is 11.9. The Morgan fingerprint density at radius 1 is 0.897 bits per heavy atom. The summed E-state index contributed by atoms with van der Waals surface area (Å²) in [5.74, 6) is 0.817. The summed E-state index contributed by atoms with van der Waals surface area (Å²) in [5.41, 5.74) is 2.73. The second kappa shape index (κ2) is 14.0. The van der Waals surface area contributed by atoms with E-state index < -0.39 is 0 Å². The quantitative estimate of drug-likeness (QED) is 0.432. The number of hydrogen-bond acceptors (Lipinski definition) is 4. The molecule has 29 heavy (non-hydrogen) atoms. The van der Waals surface area contributed by atoms with Crippen LogP contribution in [0.25, 0.3) is 0 Å². The van der Waals surface area contributed by atoms with Gasteiger partial charge in [-0.3, -0.25) is 4.90 Å². The fourth-order valence-corrected chi connectivity index (χ4v) is 3.87. The van der Waals surface area contributed by atoms with Gasteiger partial charge in [-0.2, -0.15) is 0 Å². The van der Waals surface area contributed by atoms with Crippen LogP contribution in [0.4, 0.5) is 5.69 Å². The Morgan fingerprint density at radius 3 is 2.17 bits per heavy atom. The topological polar surface area (TPSA) is 27.7 Å². The Bertz CT molecular complexity index is 528. The normalized spacial score (nSPS) is 15.6. The van der Waals surface area contributed by atoms with Gasteiger partial charge >= 0.3 is 0 Å². The lowest BCUT2D eigenvalue weighted by atomic mass is 10.1. The van der Waals surface area contributed by atoms with Gasteiger partial charge in [-0.05, 0) is 63.3 Å². The lowest BCUT2D eigenvalue weighted by molar-refractivity contribution is 0.125. The van der Waals surface area contributed by atoms with Crippen LogP contribution in [0.5, 0.6) is 0 Å². The molecule has 0 unspecified atom stereocenters. The second-order valence-corrected chi connectivity index (χ2v) is 9.17. The van der Waals surface area contributed by atoms with Crippen LogP contribution in [0.3, 0.4) is 0 Å². The number of nitrogens with one attached hydrogen (secondary N) is 1. The van der Waals surface area contributed by atoms with Gasteiger partial charge in [0.2, 0.25) is 0 Å². The van der Waals surface area contributed by atoms with Crippen molar-refractivity contribution in [2.45, 2.75) is 72.4 Å². The standard InChI is InChI=1S/C25H45N3O.H2/c1-22(2)9-5-7-19-29-20-8-6-14-26-21-24-10-12-25(13-11-24)28-17-15-27(16-18-28)23(3)4;/h10-13,22-23,26H,5-9,14-21H2,1-4H3;1H. The molecule has 1 N–H and O–H groups in total. The Morgan fingerprint density at radius 2 is 1.55 bits per heavy atom. The molecule has 1 aliphatic rings. The number of piperazine rings is 1. The summed E-state index contributed by atoms with van der Waals surface area (Å²) >= 11 is 0. The van der Waals surface area contributed by atoms with E-state index in [-0.39, 0.29) is 1.43 Å². The fourth-order valence-electron chi connectivity index (χ4n) is 3.87. The molecule has 0 aliphatic carbocycles. The molecule has 1 aliphatic heterocycles. The van der Waals surface area contributed by atoms with Gasteiger partial charge in [-0.25, -0.2) is 0 Å². The van der Waals surface area contributed by atoms with Gasteiger partial charge in [0.1, 0.15) is 0 Å². The van der Waals surface area contributed by atoms with Crippen molar-refractivity contribution >= 4 is 5.69 Å². The number of nitrogens with zero attached hydrogens (tertiary/aromatic N) is 2. The molecule has 0 radical (unpaired) electrons. The lowest BCUT2D eigenvalue weighted by Crippen LogP contribution is -2.48. The fraction of sp³-hybridized carbons (Fsp3) is 0.760. The first-order chi connectivity index (χ1) is 14.1. The minimum Gasteiger partial charge on any atom is -0.381 e. The summed E-state index contributed by atoms with van der Waals surface area (Å²) in [5, 5.41) is 3.57. The number of rotatable bonds is 14. The van der Waals surface area contributed by atoms with Crippen LogP contribution in [0.15, 0.2) is 24.3 Å². The van der Waals surface area contributed by atoms with E-state index in [9.17, 15) is 0 Å². The van der Waals surface area contributed by atoms with Crippen LogP contribution in [-0.2, 0) is 11.3 Å². The minimum atomic E-state index is 0. The highest BCUT2D eigenvalue weighted by atomic mass is 16.5. The van der Waals surface area contributed by atoms with E-state index in [1.807, 2.05) is 0 Å². The predicted molar refractivity (Wildman–Crippen MR) is 128 cm³/mol. The zero-order valence-corrected chi connectivity index (χ0v) is 19.5. The molecule has 1 saturated heterocycles. The molecule has 168 valence electrons. The largest absolute Gasteiger partial charge is 0.381 e. The van der Waals surface area contributed by atoms with Crippen LogP contribution >= 0.6 is 0 Å². The summed E-state index contributed by atoms with van der Waals surface area (Å²) in [4.78, 5) is 5.08. The summed E-state index contributed by atoms with van der Waals surface area (Å²) in [6.45, 7) is 17.6. The average molecular weight is 406 g/mol. The van der Waals surface area contributed by atoms with Crippen molar-refractivity contribution in [1.29, 1.82) is 0 Å². The van der Waals surface area contributed by atoms with Crippen LogP contribution in [-0.4, -0.2) is 56.9 Å². The first kappa shape index (κ1) is 24.2. The second-order valence-electron chi connectivity index (χ2n) is 9.17. The van der Waals surface area contributed by atoms with Crippen molar-refractivity contribution < 1.29 is 6.16 Å². The predicted octanol–water partition coefficient (Wildman–Crippen LogP) is 5.18. The molecule has 0 atom stereocenters. The molecule has 4 nitrogen and oxygen atoms in total. The lowest BCUT2D eigenvalue weighted by Gasteiger charge is -2.38. The van der Waals surface area contributed by atoms with Gasteiger partial charge in [0.05, 0.1) is 0 Å². The smallest absolute Gasteiger partial charge is 0.0466 e. The third-order valence-electron chi connectivity index (χ3n) is 5.89. The molecule has 1 heterocycles. The van der Waals surface area contributed by atoms with Gasteiger partial charge in [-0.15, -0.1) is 0 Å². The van der Waals surface area contributed by atoms with Crippen molar-refractivity contribution in [2.75, 3.05) is 50.8 Å². The highest BCUT2D eigenvalue weighted by Crippen LogP contribution is 2.18. The van der Waals surface area contributed by atoms with E-state index >= 15 is 0 Å². The number of unbranched alkanes of at least 4 members (excludes halogenated alkanes) is 2. The number of ether oxygens (including phenoxy) is 1. The molecular weight excluding hydrogens is 358 g/mol. The van der Waals surface area contributed by atoms with Gasteiger partial charge < -0.3 is 15.0 Å². The van der Waals surface area contributed by atoms with Gasteiger partial charge in [0.25, 0.3) is 0 Å². The molecule has 1 aromatic rings. The van der Waals surface area contributed by atoms with Gasteiger partial charge in [0.15, 0.2) is 0 Å². The third kappa shape index (κ3) is 9.97. The van der Waals surface area contributed by atoms with Crippen molar-refractivity contribution in [3.63, 3.8) is 0 Å². The zero-order chi connectivity index (χ0) is 20.9. The number of benzene rings is 1. The van der Waals surface area contributed by atoms with Crippen LogP contribution < -0.4 is 10.2 Å². The minimum absolute atomic E-state index is 0. The van der Waals surface area contributed by atoms with Crippen LogP contribution in [0, 0.1) is 5.92 Å². The Hall–Kier alpha value is -1.10. The summed E-state index contributed by atoms with van der Waals surface area (Å²) in [6, 6.07) is 9.78. The Balaban J connectivity index is 0.00000450. The third-order valence-corrected chi connectivity index (χ3v) is 5.89. The van der Waals surface area contributed by atoms with Gasteiger partial charge in [-0.1, -0.05) is 38.8 Å². The van der Waals surface area contributed by atoms with Crippen molar-refractivity contribution in [2.24, 2.45) is 5.92 Å². The summed E-state index contributed by atoms with van der Waals surface area (Å²) in [7, 11) is 0. The average Bonchev–Trinajstić information content (AvgIpc) is 2.72. The molecule has 1 aromatic carbocycles. The molecule has 0 spiro atoms. The van der Waals surface area contributed by atoms with E-state index in [0.717, 1.165) is 51.7 Å². The molecule has 1 fully saturated rings. The van der Waals surface area contributed by atoms with Crippen molar-refractivity contribution in [3.8, 4) is 0 Å². The molecule has 0 saturated carbocycles. The van der Waals surface area contributed by atoms with Gasteiger partial charge in [0, 0.05) is 59.1 Å². The van der Waals surface area contributed by atoms with E-state index in [2.05, 4.69) is 67.1 Å². The maximum atomic E-state index is 5.74. The summed E-state index contributed by atoms with van der Waals surface area (Å²) in [6.07, 6.45) is 6.16.